The van der Waals surface area contributed by atoms with Crippen LogP contribution in [0.1, 0.15) is 33.6 Å². The minimum atomic E-state index is -0.440. The van der Waals surface area contributed by atoms with E-state index in [9.17, 15) is 4.79 Å². The van der Waals surface area contributed by atoms with Crippen LogP contribution in [-0.4, -0.2) is 46.5 Å². The quantitative estimate of drug-likeness (QED) is 0.833. The lowest BCUT2D eigenvalue weighted by molar-refractivity contribution is 0.0276. The molecule has 1 amide bonds. The number of hydrogen-bond donors (Lipinski definition) is 0. The Morgan fingerprint density at radius 1 is 1.25 bits per heavy atom. The maximum Gasteiger partial charge on any atom is 0.410 e. The molecule has 3 rings (SSSR count). The predicted molar refractivity (Wildman–Crippen MR) is 90.0 cm³/mol. The van der Waals surface area contributed by atoms with Crippen molar-refractivity contribution in [1.29, 1.82) is 0 Å². The lowest BCUT2D eigenvalue weighted by Crippen LogP contribution is -2.36. The fourth-order valence-corrected chi connectivity index (χ4v) is 3.72. The molecule has 0 aromatic carbocycles. The first-order valence-electron chi connectivity index (χ1n) is 8.40. The molecule has 1 aromatic rings. The second-order valence-electron chi connectivity index (χ2n) is 7.75. The van der Waals surface area contributed by atoms with Crippen LogP contribution in [-0.2, 0) is 4.74 Å². The van der Waals surface area contributed by atoms with Gasteiger partial charge in [0.1, 0.15) is 5.60 Å². The van der Waals surface area contributed by atoms with E-state index in [4.69, 9.17) is 21.1 Å². The molecule has 7 heteroatoms. The highest BCUT2D eigenvalue weighted by atomic mass is 35.5. The average molecular weight is 354 g/mol. The molecule has 3 atom stereocenters. The maximum atomic E-state index is 12.2. The number of aromatic nitrogens is 2. The van der Waals surface area contributed by atoms with Gasteiger partial charge in [0.25, 0.3) is 0 Å². The first-order valence-corrected chi connectivity index (χ1v) is 8.78. The number of carbonyl (C=O) groups excluding carboxylic acids is 1. The summed E-state index contributed by atoms with van der Waals surface area (Å²) in [6, 6.07) is 3.40. The van der Waals surface area contributed by atoms with Crippen molar-refractivity contribution >= 4 is 17.7 Å². The van der Waals surface area contributed by atoms with Crippen LogP contribution in [0.4, 0.5) is 4.79 Å². The van der Waals surface area contributed by atoms with Crippen molar-refractivity contribution in [3.8, 4) is 5.88 Å². The van der Waals surface area contributed by atoms with Gasteiger partial charge in [0.05, 0.1) is 6.61 Å². The summed E-state index contributed by atoms with van der Waals surface area (Å²) in [5.74, 6) is 2.09. The molecule has 2 heterocycles. The Bertz CT molecular complexity index is 574. The van der Waals surface area contributed by atoms with Gasteiger partial charge < -0.3 is 14.4 Å². The smallest absolute Gasteiger partial charge is 0.410 e. The largest absolute Gasteiger partial charge is 0.476 e. The Balaban J connectivity index is 1.45. The van der Waals surface area contributed by atoms with Crippen molar-refractivity contribution in [3.63, 3.8) is 0 Å². The topological polar surface area (TPSA) is 64.5 Å². The van der Waals surface area contributed by atoms with Crippen molar-refractivity contribution in [1.82, 2.24) is 15.1 Å². The minimum absolute atomic E-state index is 0.193. The SMILES string of the molecule is CC(C)(C)OC(=O)N1C[C@H]2CC(COc3ccc(Cl)nn3)C[C@H]2C1. The van der Waals surface area contributed by atoms with E-state index in [2.05, 4.69) is 10.2 Å². The fraction of sp³-hybridized carbons (Fsp3) is 0.706. The van der Waals surface area contributed by atoms with Crippen LogP contribution < -0.4 is 4.74 Å². The van der Waals surface area contributed by atoms with Crippen LogP contribution in [0.25, 0.3) is 0 Å². The number of nitrogens with zero attached hydrogens (tertiary/aromatic N) is 3. The molecule has 0 N–H and O–H groups in total. The zero-order valence-electron chi connectivity index (χ0n) is 14.4. The van der Waals surface area contributed by atoms with Crippen molar-refractivity contribution in [2.75, 3.05) is 19.7 Å². The van der Waals surface area contributed by atoms with Crippen LogP contribution >= 0.6 is 11.6 Å². The van der Waals surface area contributed by atoms with Crippen LogP contribution in [0.15, 0.2) is 12.1 Å². The Labute approximate surface area is 147 Å². The number of fused-ring (bicyclic) bond motifs is 1. The van der Waals surface area contributed by atoms with E-state index in [0.29, 0.717) is 35.4 Å². The zero-order chi connectivity index (χ0) is 17.3. The summed E-state index contributed by atoms with van der Waals surface area (Å²) >= 11 is 5.71. The van der Waals surface area contributed by atoms with Crippen molar-refractivity contribution in [3.05, 3.63) is 17.3 Å². The van der Waals surface area contributed by atoms with E-state index >= 15 is 0 Å². The zero-order valence-corrected chi connectivity index (χ0v) is 15.1. The normalized spacial score (nSPS) is 26.3. The molecule has 6 nitrogen and oxygen atoms in total. The number of halogens is 1. The summed E-state index contributed by atoms with van der Waals surface area (Å²) in [6.45, 7) is 7.90. The summed E-state index contributed by atoms with van der Waals surface area (Å²) in [5, 5.41) is 8.04. The molecule has 2 fully saturated rings. The molecule has 24 heavy (non-hydrogen) atoms. The summed E-state index contributed by atoms with van der Waals surface area (Å²) < 4.78 is 11.2. The highest BCUT2D eigenvalue weighted by molar-refractivity contribution is 6.29. The van der Waals surface area contributed by atoms with E-state index in [-0.39, 0.29) is 6.09 Å². The summed E-state index contributed by atoms with van der Waals surface area (Å²) in [6.07, 6.45) is 1.96. The maximum absolute atomic E-state index is 12.2. The molecule has 1 aromatic heterocycles. The van der Waals surface area contributed by atoms with Gasteiger partial charge in [-0.3, -0.25) is 0 Å². The molecule has 1 aliphatic carbocycles. The van der Waals surface area contributed by atoms with Gasteiger partial charge in [0.2, 0.25) is 5.88 Å². The van der Waals surface area contributed by atoms with Gasteiger partial charge in [-0.15, -0.1) is 10.2 Å². The lowest BCUT2D eigenvalue weighted by Gasteiger charge is -2.25. The number of rotatable bonds is 3. The van der Waals surface area contributed by atoms with E-state index < -0.39 is 5.60 Å². The molecule has 1 aliphatic heterocycles. The molecule has 1 unspecified atom stereocenters. The molecule has 2 aliphatic rings. The van der Waals surface area contributed by atoms with Crippen LogP contribution in [0, 0.1) is 17.8 Å². The van der Waals surface area contributed by atoms with Gasteiger partial charge in [-0.25, -0.2) is 4.79 Å². The number of amides is 1. The Kier molecular flexibility index (Phi) is 4.85. The van der Waals surface area contributed by atoms with Crippen molar-refractivity contribution < 1.29 is 14.3 Å². The summed E-state index contributed by atoms with van der Waals surface area (Å²) in [4.78, 5) is 14.0. The van der Waals surface area contributed by atoms with Crippen molar-refractivity contribution in [2.24, 2.45) is 17.8 Å². The molecule has 132 valence electrons. The number of likely N-dealkylation sites (tertiary alicyclic amines) is 1. The number of carbonyl (C=O) groups is 1. The van der Waals surface area contributed by atoms with Gasteiger partial charge in [0.15, 0.2) is 5.15 Å². The molecular formula is C17H24ClN3O3. The fourth-order valence-electron chi connectivity index (χ4n) is 3.62. The van der Waals surface area contributed by atoms with Gasteiger partial charge in [0, 0.05) is 19.2 Å². The standard InChI is InChI=1S/C17H24ClN3O3/c1-17(2,3)24-16(22)21-8-12-6-11(7-13(12)9-21)10-23-15-5-4-14(18)19-20-15/h4-5,11-13H,6-10H2,1-3H3/t11?,12-,13+. The number of hydrogen-bond acceptors (Lipinski definition) is 5. The first-order chi connectivity index (χ1) is 11.3. The molecule has 1 saturated heterocycles. The summed E-state index contributed by atoms with van der Waals surface area (Å²) in [5.41, 5.74) is -0.440. The average Bonchev–Trinajstić information content (AvgIpc) is 3.03. The monoisotopic (exact) mass is 353 g/mol. The van der Waals surface area contributed by atoms with Crippen LogP contribution in [0.3, 0.4) is 0 Å². The molecule has 1 saturated carbocycles. The van der Waals surface area contributed by atoms with E-state index in [1.54, 1.807) is 12.1 Å². The highest BCUT2D eigenvalue weighted by Crippen LogP contribution is 2.42. The van der Waals surface area contributed by atoms with Gasteiger partial charge >= 0.3 is 6.09 Å². The van der Waals surface area contributed by atoms with Gasteiger partial charge in [-0.2, -0.15) is 0 Å². The Hall–Kier alpha value is -1.56. The Morgan fingerprint density at radius 3 is 2.46 bits per heavy atom. The highest BCUT2D eigenvalue weighted by Gasteiger charge is 2.43. The predicted octanol–water partition coefficient (Wildman–Crippen LogP) is 3.40. The Morgan fingerprint density at radius 2 is 1.92 bits per heavy atom. The number of ether oxygens (including phenoxy) is 2. The van der Waals surface area contributed by atoms with Gasteiger partial charge in [-0.05, 0) is 57.4 Å². The second-order valence-corrected chi connectivity index (χ2v) is 8.14. The first kappa shape index (κ1) is 17.3. The third-order valence-electron chi connectivity index (χ3n) is 4.57. The third kappa shape index (κ3) is 4.29. The van der Waals surface area contributed by atoms with Gasteiger partial charge in [-0.1, -0.05) is 11.6 Å². The van der Waals surface area contributed by atoms with Crippen LogP contribution in [0.2, 0.25) is 5.15 Å². The lowest BCUT2D eigenvalue weighted by atomic mass is 10.0. The van der Waals surface area contributed by atoms with E-state index in [1.165, 1.54) is 0 Å². The van der Waals surface area contributed by atoms with E-state index in [0.717, 1.165) is 25.9 Å². The third-order valence-corrected chi connectivity index (χ3v) is 4.78. The molecule has 0 spiro atoms. The summed E-state index contributed by atoms with van der Waals surface area (Å²) in [7, 11) is 0. The second kappa shape index (κ2) is 6.75. The van der Waals surface area contributed by atoms with E-state index in [1.807, 2.05) is 25.7 Å². The van der Waals surface area contributed by atoms with Crippen LogP contribution in [0.5, 0.6) is 5.88 Å². The molecular weight excluding hydrogens is 330 g/mol. The molecule has 0 radical (unpaired) electrons. The minimum Gasteiger partial charge on any atom is -0.476 e. The molecule has 0 bridgehead atoms. The van der Waals surface area contributed by atoms with Crippen molar-refractivity contribution in [2.45, 2.75) is 39.2 Å².